The minimum absolute atomic E-state index is 0.312. The normalized spacial score (nSPS) is 9.27. The fourth-order valence-corrected chi connectivity index (χ4v) is 0.902. The first kappa shape index (κ1) is 8.20. The quantitative estimate of drug-likeness (QED) is 0.671. The molecule has 0 aliphatic rings. The van der Waals surface area contributed by atoms with Gasteiger partial charge in [-0.2, -0.15) is 0 Å². The van der Waals surface area contributed by atoms with Crippen LogP contribution in [-0.4, -0.2) is 11.0 Å². The number of halogens is 1. The molecule has 0 aliphatic heterocycles. The average Bonchev–Trinajstić information content (AvgIpc) is 1.85. The highest BCUT2D eigenvalue weighted by Crippen LogP contribution is 2.14. The molecule has 0 bridgehead atoms. The Hall–Kier alpha value is -0.900. The largest absolute Gasteiger partial charge is 0.408 e. The summed E-state index contributed by atoms with van der Waals surface area (Å²) in [7, 11) is 0. The third-order valence-electron chi connectivity index (χ3n) is 0.945. The number of aromatic nitrogens is 1. The second-order valence-corrected chi connectivity index (χ2v) is 2.82. The molecule has 0 aromatic carbocycles. The van der Waals surface area contributed by atoms with E-state index in [9.17, 15) is 4.79 Å². The molecule has 4 heteroatoms. The van der Waals surface area contributed by atoms with Crippen molar-refractivity contribution in [3.63, 3.8) is 0 Å². The van der Waals surface area contributed by atoms with Crippen molar-refractivity contribution in [3.8, 4) is 5.88 Å². The topological polar surface area (TPSA) is 39.2 Å². The smallest absolute Gasteiger partial charge is 0.309 e. The number of nitrogens with zero attached hydrogens (tertiary/aromatic N) is 1. The molecule has 0 unspecified atom stereocenters. The Morgan fingerprint density at radius 1 is 1.73 bits per heavy atom. The third-order valence-corrected chi connectivity index (χ3v) is 1.44. The Labute approximate surface area is 72.5 Å². The molecule has 0 saturated heterocycles. The second kappa shape index (κ2) is 3.48. The van der Waals surface area contributed by atoms with Gasteiger partial charge in [0.15, 0.2) is 0 Å². The van der Waals surface area contributed by atoms with Gasteiger partial charge < -0.3 is 4.74 Å². The molecule has 0 aliphatic carbocycles. The van der Waals surface area contributed by atoms with Gasteiger partial charge in [-0.3, -0.25) is 4.79 Å². The Bertz CT molecular complexity index is 275. The van der Waals surface area contributed by atoms with Gasteiger partial charge >= 0.3 is 5.97 Å². The molecular formula is C7H6BrNO2. The number of ether oxygens (including phenoxy) is 1. The highest BCUT2D eigenvalue weighted by Gasteiger charge is 1.98. The van der Waals surface area contributed by atoms with Gasteiger partial charge in [-0.1, -0.05) is 15.9 Å². The summed E-state index contributed by atoms with van der Waals surface area (Å²) < 4.78 is 5.55. The monoisotopic (exact) mass is 215 g/mol. The lowest BCUT2D eigenvalue weighted by molar-refractivity contribution is -0.132. The van der Waals surface area contributed by atoms with Crippen LogP contribution < -0.4 is 4.74 Å². The zero-order valence-electron chi connectivity index (χ0n) is 5.87. The van der Waals surface area contributed by atoms with E-state index in [0.717, 1.165) is 4.47 Å². The van der Waals surface area contributed by atoms with Crippen LogP contribution in [0, 0.1) is 0 Å². The van der Waals surface area contributed by atoms with E-state index < -0.39 is 0 Å². The first-order valence-corrected chi connectivity index (χ1v) is 3.78. The summed E-state index contributed by atoms with van der Waals surface area (Å²) in [5.41, 5.74) is 0. The molecule has 0 fully saturated rings. The maximum absolute atomic E-state index is 10.4. The molecule has 11 heavy (non-hydrogen) atoms. The summed E-state index contributed by atoms with van der Waals surface area (Å²) in [5.74, 6) is -0.0533. The van der Waals surface area contributed by atoms with Crippen molar-refractivity contribution in [1.82, 2.24) is 4.98 Å². The minimum atomic E-state index is -0.365. The van der Waals surface area contributed by atoms with E-state index in [1.54, 1.807) is 18.3 Å². The standard InChI is InChI=1S/C7H6BrNO2/c1-5(10)11-7-4-6(8)2-3-9-7/h2-4H,1H3. The highest BCUT2D eigenvalue weighted by atomic mass is 79.9. The van der Waals surface area contributed by atoms with Gasteiger partial charge in [0.1, 0.15) is 0 Å². The van der Waals surface area contributed by atoms with Crippen LogP contribution in [0.5, 0.6) is 5.88 Å². The van der Waals surface area contributed by atoms with Crippen LogP contribution >= 0.6 is 15.9 Å². The molecule has 1 heterocycles. The summed E-state index contributed by atoms with van der Waals surface area (Å²) >= 11 is 3.22. The van der Waals surface area contributed by atoms with E-state index in [-0.39, 0.29) is 5.97 Å². The van der Waals surface area contributed by atoms with Crippen LogP contribution in [0.4, 0.5) is 0 Å². The van der Waals surface area contributed by atoms with Gasteiger partial charge in [0.2, 0.25) is 5.88 Å². The van der Waals surface area contributed by atoms with E-state index >= 15 is 0 Å². The van der Waals surface area contributed by atoms with E-state index in [1.807, 2.05) is 0 Å². The Morgan fingerprint density at radius 3 is 3.00 bits per heavy atom. The Morgan fingerprint density at radius 2 is 2.45 bits per heavy atom. The summed E-state index contributed by atoms with van der Waals surface area (Å²) in [5, 5.41) is 0. The predicted molar refractivity (Wildman–Crippen MR) is 43.2 cm³/mol. The summed E-state index contributed by atoms with van der Waals surface area (Å²) in [4.78, 5) is 14.3. The van der Waals surface area contributed by atoms with Gasteiger partial charge in [-0.05, 0) is 6.07 Å². The van der Waals surface area contributed by atoms with E-state index in [4.69, 9.17) is 4.74 Å². The molecule has 0 spiro atoms. The number of hydrogen-bond donors (Lipinski definition) is 0. The molecule has 0 atom stereocenters. The van der Waals surface area contributed by atoms with Crippen LogP contribution in [0.1, 0.15) is 6.92 Å². The van der Waals surface area contributed by atoms with E-state index in [2.05, 4.69) is 20.9 Å². The van der Waals surface area contributed by atoms with Gasteiger partial charge in [-0.15, -0.1) is 0 Å². The van der Waals surface area contributed by atoms with Crippen molar-refractivity contribution in [2.24, 2.45) is 0 Å². The Balaban J connectivity index is 2.79. The highest BCUT2D eigenvalue weighted by molar-refractivity contribution is 9.10. The number of rotatable bonds is 1. The second-order valence-electron chi connectivity index (χ2n) is 1.91. The molecule has 0 amide bonds. The maximum Gasteiger partial charge on any atom is 0.309 e. The number of esters is 1. The molecular weight excluding hydrogens is 210 g/mol. The van der Waals surface area contributed by atoms with Gasteiger partial charge in [0.25, 0.3) is 0 Å². The van der Waals surface area contributed by atoms with Crippen molar-refractivity contribution in [1.29, 1.82) is 0 Å². The van der Waals surface area contributed by atoms with Gasteiger partial charge in [0.05, 0.1) is 0 Å². The number of hydrogen-bond acceptors (Lipinski definition) is 3. The van der Waals surface area contributed by atoms with E-state index in [0.29, 0.717) is 5.88 Å². The molecule has 1 aromatic heterocycles. The average molecular weight is 216 g/mol. The van der Waals surface area contributed by atoms with Crippen molar-refractivity contribution in [2.75, 3.05) is 0 Å². The lowest BCUT2D eigenvalue weighted by atomic mass is 10.5. The molecule has 0 saturated carbocycles. The molecule has 0 N–H and O–H groups in total. The lowest BCUT2D eigenvalue weighted by Gasteiger charge is -1.98. The third kappa shape index (κ3) is 2.67. The molecule has 1 aromatic rings. The molecule has 3 nitrogen and oxygen atoms in total. The first-order valence-electron chi connectivity index (χ1n) is 2.98. The molecule has 0 radical (unpaired) electrons. The molecule has 58 valence electrons. The van der Waals surface area contributed by atoms with Crippen molar-refractivity contribution >= 4 is 21.9 Å². The SMILES string of the molecule is CC(=O)Oc1cc(Br)ccn1. The summed E-state index contributed by atoms with van der Waals surface area (Å²) in [6.07, 6.45) is 1.56. The number of pyridine rings is 1. The minimum Gasteiger partial charge on any atom is -0.408 e. The summed E-state index contributed by atoms with van der Waals surface area (Å²) in [6.45, 7) is 1.34. The van der Waals surface area contributed by atoms with Crippen molar-refractivity contribution in [2.45, 2.75) is 6.92 Å². The number of carbonyl (C=O) groups is 1. The van der Waals surface area contributed by atoms with Crippen molar-refractivity contribution in [3.05, 3.63) is 22.8 Å². The van der Waals surface area contributed by atoms with Gasteiger partial charge in [0, 0.05) is 23.7 Å². The first-order chi connectivity index (χ1) is 5.18. The van der Waals surface area contributed by atoms with Crippen LogP contribution in [0.2, 0.25) is 0 Å². The van der Waals surface area contributed by atoms with E-state index in [1.165, 1.54) is 6.92 Å². The fourth-order valence-electron chi connectivity index (χ4n) is 0.588. The van der Waals surface area contributed by atoms with Gasteiger partial charge in [-0.25, -0.2) is 4.98 Å². The molecule has 1 rings (SSSR count). The van der Waals surface area contributed by atoms with Crippen LogP contribution in [0.3, 0.4) is 0 Å². The number of carbonyl (C=O) groups excluding carboxylic acids is 1. The summed E-state index contributed by atoms with van der Waals surface area (Å²) in [6, 6.07) is 3.38. The maximum atomic E-state index is 10.4. The fraction of sp³-hybridized carbons (Fsp3) is 0.143. The zero-order valence-corrected chi connectivity index (χ0v) is 7.46. The van der Waals surface area contributed by atoms with Crippen LogP contribution in [0.25, 0.3) is 0 Å². The Kier molecular flexibility index (Phi) is 2.59. The van der Waals surface area contributed by atoms with Crippen LogP contribution in [0.15, 0.2) is 22.8 Å². The lowest BCUT2D eigenvalue weighted by Crippen LogP contribution is -2.02. The predicted octanol–water partition coefficient (Wildman–Crippen LogP) is 1.77. The van der Waals surface area contributed by atoms with Crippen molar-refractivity contribution < 1.29 is 9.53 Å². The zero-order chi connectivity index (χ0) is 8.27. The van der Waals surface area contributed by atoms with Crippen LogP contribution in [-0.2, 0) is 4.79 Å².